The standard InChI is InChI=1S/C14H24O3Si2/c1-6-12-18(5,19(15-2,16-3)17-4)13-14-10-8-7-9-11-14/h6-11H,1,12-13H2,2-5H3. The van der Waals surface area contributed by atoms with Crippen LogP contribution in [0.4, 0.5) is 0 Å². The van der Waals surface area contributed by atoms with Gasteiger partial charge in [-0.15, -0.1) is 6.58 Å². The summed E-state index contributed by atoms with van der Waals surface area (Å²) >= 11 is 0. The molecule has 0 aromatic heterocycles. The first-order chi connectivity index (χ1) is 9.07. The van der Waals surface area contributed by atoms with Gasteiger partial charge in [0.25, 0.3) is 0 Å². The third-order valence-corrected chi connectivity index (χ3v) is 16.5. The van der Waals surface area contributed by atoms with Gasteiger partial charge in [-0.25, -0.2) is 0 Å². The molecule has 19 heavy (non-hydrogen) atoms. The summed E-state index contributed by atoms with van der Waals surface area (Å²) in [7, 11) is 0.556. The number of hydrogen-bond donors (Lipinski definition) is 0. The average molecular weight is 297 g/mol. The van der Waals surface area contributed by atoms with Gasteiger partial charge >= 0.3 is 8.32 Å². The SMILES string of the molecule is C=CC[Si](C)(Cc1ccccc1)[Si](OC)(OC)OC. The maximum Gasteiger partial charge on any atom is 0.469 e. The number of benzene rings is 1. The van der Waals surface area contributed by atoms with Crippen molar-refractivity contribution in [3.8, 4) is 0 Å². The molecule has 0 spiro atoms. The minimum absolute atomic E-state index is 0.920. The molecule has 0 saturated heterocycles. The topological polar surface area (TPSA) is 27.7 Å². The zero-order valence-corrected chi connectivity index (χ0v) is 14.3. The Morgan fingerprint density at radius 2 is 1.58 bits per heavy atom. The average Bonchev–Trinajstić information content (AvgIpc) is 2.42. The molecule has 1 atom stereocenters. The van der Waals surface area contributed by atoms with Gasteiger partial charge in [0.05, 0.1) is 0 Å². The van der Waals surface area contributed by atoms with Gasteiger partial charge in [-0.2, -0.15) is 0 Å². The number of rotatable bonds is 8. The Morgan fingerprint density at radius 3 is 2.00 bits per heavy atom. The van der Waals surface area contributed by atoms with Gasteiger partial charge in [-0.05, 0) is 12.1 Å². The van der Waals surface area contributed by atoms with E-state index in [0.29, 0.717) is 0 Å². The van der Waals surface area contributed by atoms with Crippen molar-refractivity contribution in [3.63, 3.8) is 0 Å². The Bertz CT molecular complexity index is 385. The van der Waals surface area contributed by atoms with Crippen molar-refractivity contribution in [2.75, 3.05) is 21.3 Å². The van der Waals surface area contributed by atoms with Crippen LogP contribution in [-0.4, -0.2) is 37.2 Å². The molecule has 1 aromatic rings. The fraction of sp³-hybridized carbons (Fsp3) is 0.429. The predicted molar refractivity (Wildman–Crippen MR) is 83.5 cm³/mol. The molecule has 0 bridgehead atoms. The van der Waals surface area contributed by atoms with E-state index in [2.05, 4.69) is 37.4 Å². The van der Waals surface area contributed by atoms with Crippen molar-refractivity contribution < 1.29 is 13.3 Å². The van der Waals surface area contributed by atoms with Crippen molar-refractivity contribution >= 4 is 15.9 Å². The minimum atomic E-state index is -2.61. The van der Waals surface area contributed by atoms with Crippen LogP contribution in [0, 0.1) is 0 Å². The van der Waals surface area contributed by atoms with Gasteiger partial charge in [0, 0.05) is 21.3 Å². The van der Waals surface area contributed by atoms with Gasteiger partial charge in [0.15, 0.2) is 7.59 Å². The highest BCUT2D eigenvalue weighted by atomic mass is 29.3. The van der Waals surface area contributed by atoms with Gasteiger partial charge < -0.3 is 13.3 Å². The summed E-state index contributed by atoms with van der Waals surface area (Å²) in [5, 5.41) is 0. The van der Waals surface area contributed by atoms with E-state index < -0.39 is 15.9 Å². The first-order valence-electron chi connectivity index (χ1n) is 6.37. The predicted octanol–water partition coefficient (Wildman–Crippen LogP) is 2.99. The second-order valence-electron chi connectivity index (χ2n) is 4.88. The summed E-state index contributed by atoms with van der Waals surface area (Å²) < 4.78 is 17.2. The van der Waals surface area contributed by atoms with E-state index in [0.717, 1.165) is 12.1 Å². The highest BCUT2D eigenvalue weighted by molar-refractivity contribution is 7.34. The van der Waals surface area contributed by atoms with Crippen LogP contribution in [0.2, 0.25) is 12.6 Å². The summed E-state index contributed by atoms with van der Waals surface area (Å²) in [5.74, 6) is 0. The first kappa shape index (κ1) is 16.3. The maximum absolute atomic E-state index is 5.73. The maximum atomic E-state index is 5.73. The van der Waals surface area contributed by atoms with E-state index in [1.165, 1.54) is 5.56 Å². The van der Waals surface area contributed by atoms with Crippen molar-refractivity contribution in [1.29, 1.82) is 0 Å². The number of allylic oxidation sites excluding steroid dienone is 1. The molecule has 0 saturated carbocycles. The lowest BCUT2D eigenvalue weighted by Crippen LogP contribution is -2.67. The largest absolute Gasteiger partial charge is 0.469 e. The fourth-order valence-corrected chi connectivity index (χ4v) is 13.9. The van der Waals surface area contributed by atoms with Crippen molar-refractivity contribution in [2.24, 2.45) is 0 Å². The summed E-state index contributed by atoms with van der Waals surface area (Å²) in [6.45, 7) is 6.18. The lowest BCUT2D eigenvalue weighted by Gasteiger charge is -2.39. The lowest BCUT2D eigenvalue weighted by atomic mass is 10.2. The second kappa shape index (κ2) is 7.16. The summed E-state index contributed by atoms with van der Waals surface area (Å²) in [5.41, 5.74) is 1.31. The molecule has 3 nitrogen and oxygen atoms in total. The lowest BCUT2D eigenvalue weighted by molar-refractivity contribution is 0.145. The Hall–Kier alpha value is -0.726. The molecule has 1 aromatic carbocycles. The van der Waals surface area contributed by atoms with Crippen LogP contribution in [0.3, 0.4) is 0 Å². The van der Waals surface area contributed by atoms with Crippen LogP contribution < -0.4 is 0 Å². The van der Waals surface area contributed by atoms with E-state index in [9.17, 15) is 0 Å². The van der Waals surface area contributed by atoms with E-state index in [4.69, 9.17) is 13.3 Å². The smallest absolute Gasteiger partial charge is 0.380 e. The molecule has 0 aliphatic heterocycles. The molecular weight excluding hydrogens is 272 g/mol. The van der Waals surface area contributed by atoms with Crippen LogP contribution in [0.15, 0.2) is 43.0 Å². The van der Waals surface area contributed by atoms with Gasteiger partial charge in [-0.3, -0.25) is 0 Å². The Kier molecular flexibility index (Phi) is 6.15. The molecule has 106 valence electrons. The highest BCUT2D eigenvalue weighted by Gasteiger charge is 2.57. The Labute approximate surface area is 118 Å². The van der Waals surface area contributed by atoms with Crippen LogP contribution in [-0.2, 0) is 19.3 Å². The van der Waals surface area contributed by atoms with Crippen LogP contribution in [0.5, 0.6) is 0 Å². The van der Waals surface area contributed by atoms with E-state index in [1.54, 1.807) is 21.3 Å². The normalized spacial score (nSPS) is 14.9. The summed E-state index contributed by atoms with van der Waals surface area (Å²) in [6, 6.07) is 12.3. The Balaban J connectivity index is 3.11. The fourth-order valence-electron chi connectivity index (χ4n) is 2.66. The van der Waals surface area contributed by atoms with Crippen LogP contribution in [0.1, 0.15) is 5.56 Å². The van der Waals surface area contributed by atoms with Crippen molar-refractivity contribution in [2.45, 2.75) is 18.6 Å². The number of hydrogen-bond acceptors (Lipinski definition) is 3. The zero-order chi connectivity index (χ0) is 14.4. The highest BCUT2D eigenvalue weighted by Crippen LogP contribution is 2.29. The van der Waals surface area contributed by atoms with Crippen molar-refractivity contribution in [3.05, 3.63) is 48.6 Å². The second-order valence-corrected chi connectivity index (χ2v) is 16.6. The molecule has 0 aliphatic carbocycles. The molecule has 0 heterocycles. The monoisotopic (exact) mass is 296 g/mol. The zero-order valence-electron chi connectivity index (χ0n) is 12.3. The molecule has 0 amide bonds. The molecule has 1 unspecified atom stereocenters. The molecule has 0 fully saturated rings. The molecule has 5 heteroatoms. The van der Waals surface area contributed by atoms with Crippen molar-refractivity contribution in [1.82, 2.24) is 0 Å². The molecule has 0 aliphatic rings. The Morgan fingerprint density at radius 1 is 1.05 bits per heavy atom. The first-order valence-corrected chi connectivity index (χ1v) is 12.0. The van der Waals surface area contributed by atoms with E-state index in [-0.39, 0.29) is 0 Å². The third kappa shape index (κ3) is 3.43. The van der Waals surface area contributed by atoms with E-state index >= 15 is 0 Å². The summed E-state index contributed by atoms with van der Waals surface area (Å²) in [4.78, 5) is 0. The summed E-state index contributed by atoms with van der Waals surface area (Å²) in [6.07, 6.45) is 1.97. The van der Waals surface area contributed by atoms with E-state index in [1.807, 2.05) is 12.1 Å². The van der Waals surface area contributed by atoms with Gasteiger partial charge in [0.2, 0.25) is 0 Å². The van der Waals surface area contributed by atoms with Crippen LogP contribution >= 0.6 is 0 Å². The molecule has 1 rings (SSSR count). The molecule has 0 N–H and O–H groups in total. The third-order valence-electron chi connectivity index (χ3n) is 3.58. The van der Waals surface area contributed by atoms with Gasteiger partial charge in [-0.1, -0.05) is 48.5 Å². The molecular formula is C14H24O3Si2. The molecule has 0 radical (unpaired) electrons. The quantitative estimate of drug-likeness (QED) is 0.545. The van der Waals surface area contributed by atoms with Gasteiger partial charge in [0.1, 0.15) is 0 Å². The minimum Gasteiger partial charge on any atom is -0.380 e. The van der Waals surface area contributed by atoms with Crippen LogP contribution in [0.25, 0.3) is 0 Å².